The smallest absolute Gasteiger partial charge is 0.181 e. The van der Waals surface area contributed by atoms with Gasteiger partial charge in [0.05, 0.1) is 10.2 Å². The van der Waals surface area contributed by atoms with E-state index in [0.29, 0.717) is 10.2 Å². The van der Waals surface area contributed by atoms with Crippen LogP contribution < -0.4 is 16.4 Å². The van der Waals surface area contributed by atoms with Gasteiger partial charge in [-0.25, -0.2) is 4.98 Å². The molecule has 0 amide bonds. The van der Waals surface area contributed by atoms with E-state index in [4.69, 9.17) is 18.0 Å². The molecule has 2 aromatic rings. The van der Waals surface area contributed by atoms with Crippen LogP contribution in [0.15, 0.2) is 18.2 Å². The molecule has 0 saturated carbocycles. The summed E-state index contributed by atoms with van der Waals surface area (Å²) in [5, 5.41) is 7.07. The third kappa shape index (κ3) is 2.16. The minimum atomic E-state index is 0.582. The molecule has 0 radical (unpaired) electrons. The fraction of sp³-hybridized carbons (Fsp3) is 0.111. The standard InChI is InChI=1S/C9H10N4S2/c1-11-9(14)12-5-2-3-6-7(4-5)15-8(10)13-6/h2-4H,1H3,(H2,10,13)(H2,11,12,14). The van der Waals surface area contributed by atoms with Crippen LogP contribution in [0.4, 0.5) is 10.8 Å². The molecular formula is C9H10N4S2. The highest BCUT2D eigenvalue weighted by atomic mass is 32.1. The van der Waals surface area contributed by atoms with E-state index >= 15 is 0 Å². The molecule has 0 fully saturated rings. The molecule has 0 saturated heterocycles. The van der Waals surface area contributed by atoms with Gasteiger partial charge < -0.3 is 16.4 Å². The van der Waals surface area contributed by atoms with Gasteiger partial charge in [-0.15, -0.1) is 0 Å². The minimum absolute atomic E-state index is 0.582. The summed E-state index contributed by atoms with van der Waals surface area (Å²) in [4.78, 5) is 4.17. The average Bonchev–Trinajstić information content (AvgIpc) is 2.57. The highest BCUT2D eigenvalue weighted by Crippen LogP contribution is 2.26. The van der Waals surface area contributed by atoms with Gasteiger partial charge in [0, 0.05) is 12.7 Å². The van der Waals surface area contributed by atoms with E-state index in [1.54, 1.807) is 7.05 Å². The van der Waals surface area contributed by atoms with Crippen molar-refractivity contribution >= 4 is 49.7 Å². The normalized spacial score (nSPS) is 10.2. The van der Waals surface area contributed by atoms with Gasteiger partial charge in [0.2, 0.25) is 0 Å². The Morgan fingerprint density at radius 2 is 2.33 bits per heavy atom. The Balaban J connectivity index is 2.33. The van der Waals surface area contributed by atoms with E-state index in [1.807, 2.05) is 18.2 Å². The van der Waals surface area contributed by atoms with E-state index in [0.717, 1.165) is 15.9 Å². The lowest BCUT2D eigenvalue weighted by molar-refractivity contribution is 1.20. The van der Waals surface area contributed by atoms with Crippen molar-refractivity contribution in [1.29, 1.82) is 0 Å². The maximum Gasteiger partial charge on any atom is 0.181 e. The number of rotatable bonds is 1. The van der Waals surface area contributed by atoms with Crippen molar-refractivity contribution in [3.05, 3.63) is 18.2 Å². The second-order valence-electron chi connectivity index (χ2n) is 2.94. The molecule has 2 rings (SSSR count). The second-order valence-corrected chi connectivity index (χ2v) is 4.41. The van der Waals surface area contributed by atoms with Crippen LogP contribution in [0.5, 0.6) is 0 Å². The Morgan fingerprint density at radius 1 is 1.53 bits per heavy atom. The van der Waals surface area contributed by atoms with Crippen LogP contribution in [0.1, 0.15) is 0 Å². The first-order valence-electron chi connectivity index (χ1n) is 4.34. The van der Waals surface area contributed by atoms with Gasteiger partial charge in [-0.3, -0.25) is 0 Å². The van der Waals surface area contributed by atoms with Gasteiger partial charge in [-0.1, -0.05) is 11.3 Å². The summed E-state index contributed by atoms with van der Waals surface area (Å²) in [6.45, 7) is 0. The van der Waals surface area contributed by atoms with E-state index in [2.05, 4.69) is 15.6 Å². The van der Waals surface area contributed by atoms with Crippen molar-refractivity contribution < 1.29 is 0 Å². The van der Waals surface area contributed by atoms with Crippen molar-refractivity contribution in [1.82, 2.24) is 10.3 Å². The Hall–Kier alpha value is -1.40. The predicted octanol–water partition coefficient (Wildman–Crippen LogP) is 1.79. The molecular weight excluding hydrogens is 228 g/mol. The molecule has 4 nitrogen and oxygen atoms in total. The lowest BCUT2D eigenvalue weighted by Crippen LogP contribution is -2.23. The lowest BCUT2D eigenvalue weighted by Gasteiger charge is -2.05. The zero-order chi connectivity index (χ0) is 10.8. The third-order valence-corrected chi connectivity index (χ3v) is 3.04. The van der Waals surface area contributed by atoms with Crippen molar-refractivity contribution in [3.63, 3.8) is 0 Å². The molecule has 4 N–H and O–H groups in total. The number of fused-ring (bicyclic) bond motifs is 1. The first kappa shape index (κ1) is 10.1. The van der Waals surface area contributed by atoms with Crippen LogP contribution in [0.25, 0.3) is 10.2 Å². The Bertz CT molecular complexity index is 506. The van der Waals surface area contributed by atoms with Crippen LogP contribution in [0.2, 0.25) is 0 Å². The quantitative estimate of drug-likeness (QED) is 0.661. The molecule has 15 heavy (non-hydrogen) atoms. The first-order valence-corrected chi connectivity index (χ1v) is 5.56. The number of thiazole rings is 1. The lowest BCUT2D eigenvalue weighted by atomic mass is 10.3. The summed E-state index contributed by atoms with van der Waals surface area (Å²) in [5.41, 5.74) is 7.47. The molecule has 78 valence electrons. The number of nitrogens with one attached hydrogen (secondary N) is 2. The Morgan fingerprint density at radius 3 is 3.07 bits per heavy atom. The number of thiocarbonyl (C=S) groups is 1. The van der Waals surface area contributed by atoms with Gasteiger partial charge in [-0.05, 0) is 30.4 Å². The fourth-order valence-electron chi connectivity index (χ4n) is 1.21. The van der Waals surface area contributed by atoms with Crippen LogP contribution in [0, 0.1) is 0 Å². The highest BCUT2D eigenvalue weighted by Gasteiger charge is 2.02. The summed E-state index contributed by atoms with van der Waals surface area (Å²) in [6, 6.07) is 5.82. The largest absolute Gasteiger partial charge is 0.375 e. The van der Waals surface area contributed by atoms with E-state index in [9.17, 15) is 0 Å². The van der Waals surface area contributed by atoms with Crippen molar-refractivity contribution in [2.75, 3.05) is 18.1 Å². The minimum Gasteiger partial charge on any atom is -0.375 e. The maximum atomic E-state index is 5.62. The molecule has 0 bridgehead atoms. The third-order valence-electron chi connectivity index (χ3n) is 1.89. The number of benzene rings is 1. The van der Waals surface area contributed by atoms with E-state index < -0.39 is 0 Å². The summed E-state index contributed by atoms with van der Waals surface area (Å²) < 4.78 is 1.05. The maximum absolute atomic E-state index is 5.62. The zero-order valence-corrected chi connectivity index (χ0v) is 9.71. The molecule has 0 aliphatic carbocycles. The molecule has 6 heteroatoms. The predicted molar refractivity (Wildman–Crippen MR) is 69.3 cm³/mol. The Kier molecular flexibility index (Phi) is 2.70. The number of nitrogens with zero attached hydrogens (tertiary/aromatic N) is 1. The number of hydrogen-bond donors (Lipinski definition) is 3. The molecule has 0 unspecified atom stereocenters. The number of aromatic nitrogens is 1. The van der Waals surface area contributed by atoms with Gasteiger partial charge in [0.15, 0.2) is 10.2 Å². The van der Waals surface area contributed by atoms with Crippen LogP contribution >= 0.6 is 23.6 Å². The van der Waals surface area contributed by atoms with E-state index in [-0.39, 0.29) is 0 Å². The highest BCUT2D eigenvalue weighted by molar-refractivity contribution is 7.80. The van der Waals surface area contributed by atoms with Crippen LogP contribution in [-0.4, -0.2) is 17.1 Å². The molecule has 1 aromatic heterocycles. The van der Waals surface area contributed by atoms with Crippen molar-refractivity contribution in [2.24, 2.45) is 0 Å². The number of nitrogens with two attached hydrogens (primary N) is 1. The fourth-order valence-corrected chi connectivity index (χ4v) is 2.11. The SMILES string of the molecule is CNC(=S)Nc1ccc2nc(N)sc2c1. The number of hydrogen-bond acceptors (Lipinski definition) is 4. The van der Waals surface area contributed by atoms with Crippen LogP contribution in [-0.2, 0) is 0 Å². The Labute approximate surface area is 96.5 Å². The molecule has 1 aromatic carbocycles. The van der Waals surface area contributed by atoms with E-state index in [1.165, 1.54) is 11.3 Å². The second kappa shape index (κ2) is 4.00. The summed E-state index contributed by atoms with van der Waals surface area (Å²) in [7, 11) is 1.78. The van der Waals surface area contributed by atoms with Gasteiger partial charge in [0.25, 0.3) is 0 Å². The topological polar surface area (TPSA) is 63.0 Å². The monoisotopic (exact) mass is 238 g/mol. The number of anilines is 2. The summed E-state index contributed by atoms with van der Waals surface area (Å²) in [5.74, 6) is 0. The molecule has 0 aliphatic rings. The molecule has 0 spiro atoms. The summed E-state index contributed by atoms with van der Waals surface area (Å²) in [6.07, 6.45) is 0. The van der Waals surface area contributed by atoms with Gasteiger partial charge in [-0.2, -0.15) is 0 Å². The van der Waals surface area contributed by atoms with Gasteiger partial charge in [0.1, 0.15) is 0 Å². The first-order chi connectivity index (χ1) is 7.19. The average molecular weight is 238 g/mol. The number of nitrogen functional groups attached to an aromatic ring is 1. The van der Waals surface area contributed by atoms with Gasteiger partial charge >= 0.3 is 0 Å². The molecule has 0 aliphatic heterocycles. The van der Waals surface area contributed by atoms with Crippen molar-refractivity contribution in [3.8, 4) is 0 Å². The van der Waals surface area contributed by atoms with Crippen LogP contribution in [0.3, 0.4) is 0 Å². The summed E-state index contributed by atoms with van der Waals surface area (Å²) >= 11 is 6.47. The zero-order valence-electron chi connectivity index (χ0n) is 8.07. The molecule has 1 heterocycles. The van der Waals surface area contributed by atoms with Crippen molar-refractivity contribution in [2.45, 2.75) is 0 Å². The molecule has 0 atom stereocenters.